The maximum absolute atomic E-state index is 9.25. The number of hydrogen-bond acceptors (Lipinski definition) is 4. The highest BCUT2D eigenvalue weighted by Gasteiger charge is 2.19. The summed E-state index contributed by atoms with van der Waals surface area (Å²) >= 11 is 0. The molecule has 1 fully saturated rings. The number of hydrogen-bond donors (Lipinski definition) is 2. The largest absolute Gasteiger partial charge is 0.508 e. The van der Waals surface area contributed by atoms with Crippen LogP contribution in [0.25, 0.3) is 0 Å². The maximum atomic E-state index is 9.25. The molecule has 4 heteroatoms. The molecule has 1 aromatic rings. The van der Waals surface area contributed by atoms with Gasteiger partial charge in [0.15, 0.2) is 0 Å². The molecule has 0 spiro atoms. The lowest BCUT2D eigenvalue weighted by Gasteiger charge is -2.32. The van der Waals surface area contributed by atoms with E-state index in [1.54, 1.807) is 12.1 Å². The molecule has 0 amide bonds. The molecule has 2 rings (SSSR count). The summed E-state index contributed by atoms with van der Waals surface area (Å²) in [5.41, 5.74) is 1.21. The molecule has 0 atom stereocenters. The van der Waals surface area contributed by atoms with Crippen molar-refractivity contribution in [2.75, 3.05) is 32.8 Å². The van der Waals surface area contributed by atoms with Crippen LogP contribution >= 0.6 is 0 Å². The third kappa shape index (κ3) is 6.34. The Hall–Kier alpha value is -1.10. The van der Waals surface area contributed by atoms with Crippen LogP contribution in [0.4, 0.5) is 0 Å². The second-order valence-electron chi connectivity index (χ2n) is 6.51. The molecule has 0 aromatic heterocycles. The minimum atomic E-state index is 0.327. The number of benzene rings is 1. The van der Waals surface area contributed by atoms with Gasteiger partial charge in [0.2, 0.25) is 0 Å². The molecule has 124 valence electrons. The van der Waals surface area contributed by atoms with Crippen molar-refractivity contribution in [3.8, 4) is 5.75 Å². The molecule has 1 saturated heterocycles. The normalized spacial score (nSPS) is 17.2. The second-order valence-corrected chi connectivity index (χ2v) is 6.51. The SMILES string of the molecule is CC(C)OCC1CCN(CCNCc2ccc(O)cc2)CC1. The number of phenols is 1. The first-order valence-electron chi connectivity index (χ1n) is 8.46. The molecule has 0 unspecified atom stereocenters. The van der Waals surface area contributed by atoms with E-state index in [2.05, 4.69) is 24.1 Å². The van der Waals surface area contributed by atoms with E-state index in [9.17, 15) is 5.11 Å². The number of phenolic OH excluding ortho intramolecular Hbond substituents is 1. The summed E-state index contributed by atoms with van der Waals surface area (Å²) in [6.45, 7) is 10.5. The van der Waals surface area contributed by atoms with Gasteiger partial charge in [-0.05, 0) is 63.4 Å². The maximum Gasteiger partial charge on any atom is 0.115 e. The average molecular weight is 306 g/mol. The summed E-state index contributed by atoms with van der Waals surface area (Å²) in [5, 5.41) is 12.7. The predicted octanol–water partition coefficient (Wildman–Crippen LogP) is 2.62. The number of ether oxygens (including phenoxy) is 1. The van der Waals surface area contributed by atoms with Crippen LogP contribution in [0, 0.1) is 5.92 Å². The average Bonchev–Trinajstić information content (AvgIpc) is 2.52. The van der Waals surface area contributed by atoms with Crippen molar-refractivity contribution in [1.82, 2.24) is 10.2 Å². The zero-order chi connectivity index (χ0) is 15.8. The third-order valence-electron chi connectivity index (χ3n) is 4.24. The standard InChI is InChI=1S/C18H30N2O2/c1-15(2)22-14-17-7-10-20(11-8-17)12-9-19-13-16-3-5-18(21)6-4-16/h3-6,15,17,19,21H,7-14H2,1-2H3. The molecule has 1 heterocycles. The minimum Gasteiger partial charge on any atom is -0.508 e. The van der Waals surface area contributed by atoms with E-state index < -0.39 is 0 Å². The molecular weight excluding hydrogens is 276 g/mol. The molecule has 1 aromatic carbocycles. The number of likely N-dealkylation sites (tertiary alicyclic amines) is 1. The monoisotopic (exact) mass is 306 g/mol. The molecule has 1 aliphatic rings. The zero-order valence-corrected chi connectivity index (χ0v) is 13.9. The Labute approximate surface area is 134 Å². The Bertz CT molecular complexity index is 412. The van der Waals surface area contributed by atoms with E-state index in [4.69, 9.17) is 4.74 Å². The molecule has 2 N–H and O–H groups in total. The van der Waals surface area contributed by atoms with Crippen LogP contribution < -0.4 is 5.32 Å². The second kappa shape index (κ2) is 9.13. The van der Waals surface area contributed by atoms with Crippen LogP contribution in [0.1, 0.15) is 32.3 Å². The van der Waals surface area contributed by atoms with Crippen LogP contribution in [0.5, 0.6) is 5.75 Å². The first kappa shape index (κ1) is 17.3. The van der Waals surface area contributed by atoms with Crippen LogP contribution in [-0.2, 0) is 11.3 Å². The van der Waals surface area contributed by atoms with Crippen molar-refractivity contribution >= 4 is 0 Å². The molecule has 0 aliphatic carbocycles. The molecule has 0 radical (unpaired) electrons. The summed E-state index contributed by atoms with van der Waals surface area (Å²) in [7, 11) is 0. The van der Waals surface area contributed by atoms with Gasteiger partial charge in [-0.15, -0.1) is 0 Å². The quantitative estimate of drug-likeness (QED) is 0.725. The van der Waals surface area contributed by atoms with Gasteiger partial charge in [0.05, 0.1) is 6.10 Å². The Morgan fingerprint density at radius 2 is 1.91 bits per heavy atom. The predicted molar refractivity (Wildman–Crippen MR) is 90.1 cm³/mol. The van der Waals surface area contributed by atoms with Crippen LogP contribution in [-0.4, -0.2) is 48.9 Å². The van der Waals surface area contributed by atoms with E-state index in [1.165, 1.54) is 31.5 Å². The van der Waals surface area contributed by atoms with Crippen molar-refractivity contribution in [2.24, 2.45) is 5.92 Å². The number of aromatic hydroxyl groups is 1. The van der Waals surface area contributed by atoms with E-state index >= 15 is 0 Å². The topological polar surface area (TPSA) is 44.7 Å². The van der Waals surface area contributed by atoms with Gasteiger partial charge in [0, 0.05) is 26.2 Å². The number of nitrogens with one attached hydrogen (secondary N) is 1. The summed E-state index contributed by atoms with van der Waals surface area (Å²) in [6.07, 6.45) is 2.86. The first-order chi connectivity index (χ1) is 10.6. The zero-order valence-electron chi connectivity index (χ0n) is 13.9. The van der Waals surface area contributed by atoms with Gasteiger partial charge in [0.1, 0.15) is 5.75 Å². The van der Waals surface area contributed by atoms with Gasteiger partial charge < -0.3 is 20.1 Å². The highest BCUT2D eigenvalue weighted by atomic mass is 16.5. The first-order valence-corrected chi connectivity index (χ1v) is 8.46. The molecule has 22 heavy (non-hydrogen) atoms. The summed E-state index contributed by atoms with van der Waals surface area (Å²) < 4.78 is 5.72. The van der Waals surface area contributed by atoms with Crippen LogP contribution in [0.3, 0.4) is 0 Å². The fourth-order valence-electron chi connectivity index (χ4n) is 2.79. The van der Waals surface area contributed by atoms with E-state index in [-0.39, 0.29) is 0 Å². The highest BCUT2D eigenvalue weighted by Crippen LogP contribution is 2.17. The minimum absolute atomic E-state index is 0.327. The molecule has 0 bridgehead atoms. The van der Waals surface area contributed by atoms with Crippen molar-refractivity contribution in [3.05, 3.63) is 29.8 Å². The van der Waals surface area contributed by atoms with Crippen LogP contribution in [0.15, 0.2) is 24.3 Å². The summed E-state index contributed by atoms with van der Waals surface area (Å²) in [4.78, 5) is 2.54. The summed E-state index contributed by atoms with van der Waals surface area (Å²) in [5.74, 6) is 1.07. The van der Waals surface area contributed by atoms with Crippen molar-refractivity contribution < 1.29 is 9.84 Å². The molecule has 0 saturated carbocycles. The lowest BCUT2D eigenvalue weighted by molar-refractivity contribution is 0.0307. The highest BCUT2D eigenvalue weighted by molar-refractivity contribution is 5.25. The third-order valence-corrected chi connectivity index (χ3v) is 4.24. The number of piperidine rings is 1. The lowest BCUT2D eigenvalue weighted by Crippen LogP contribution is -2.39. The van der Waals surface area contributed by atoms with Crippen LogP contribution in [0.2, 0.25) is 0 Å². The van der Waals surface area contributed by atoms with Crippen molar-refractivity contribution in [2.45, 2.75) is 39.3 Å². The number of rotatable bonds is 8. The molecular formula is C18H30N2O2. The van der Waals surface area contributed by atoms with Crippen molar-refractivity contribution in [1.29, 1.82) is 0 Å². The fraction of sp³-hybridized carbons (Fsp3) is 0.667. The fourth-order valence-corrected chi connectivity index (χ4v) is 2.79. The van der Waals surface area contributed by atoms with Gasteiger partial charge in [-0.25, -0.2) is 0 Å². The van der Waals surface area contributed by atoms with Gasteiger partial charge in [-0.1, -0.05) is 12.1 Å². The Kier molecular flexibility index (Phi) is 7.16. The van der Waals surface area contributed by atoms with Gasteiger partial charge in [-0.2, -0.15) is 0 Å². The smallest absolute Gasteiger partial charge is 0.115 e. The van der Waals surface area contributed by atoms with E-state index in [0.29, 0.717) is 11.9 Å². The molecule has 1 aliphatic heterocycles. The van der Waals surface area contributed by atoms with E-state index in [1.807, 2.05) is 12.1 Å². The van der Waals surface area contributed by atoms with E-state index in [0.717, 1.165) is 32.2 Å². The van der Waals surface area contributed by atoms with Crippen molar-refractivity contribution in [3.63, 3.8) is 0 Å². The number of nitrogens with zero attached hydrogens (tertiary/aromatic N) is 1. The van der Waals surface area contributed by atoms with Gasteiger partial charge >= 0.3 is 0 Å². The van der Waals surface area contributed by atoms with Gasteiger partial charge in [0.25, 0.3) is 0 Å². The summed E-state index contributed by atoms with van der Waals surface area (Å²) in [6, 6.07) is 7.40. The lowest BCUT2D eigenvalue weighted by atomic mass is 9.98. The van der Waals surface area contributed by atoms with Gasteiger partial charge in [-0.3, -0.25) is 0 Å². The molecule has 4 nitrogen and oxygen atoms in total. The Morgan fingerprint density at radius 1 is 1.23 bits per heavy atom. The Balaban J connectivity index is 1.54. The Morgan fingerprint density at radius 3 is 2.55 bits per heavy atom.